The van der Waals surface area contributed by atoms with Gasteiger partial charge in [-0.1, -0.05) is 36.2 Å². The number of aliphatic carboxylic acids is 1. The zero-order valence-corrected chi connectivity index (χ0v) is 16.7. The molecule has 0 radical (unpaired) electrons. The molecule has 1 aromatic heterocycles. The summed E-state index contributed by atoms with van der Waals surface area (Å²) in [4.78, 5) is 14.2. The molecule has 5 nitrogen and oxygen atoms in total. The monoisotopic (exact) mass is 387 g/mol. The van der Waals surface area contributed by atoms with E-state index in [0.29, 0.717) is 13.1 Å². The molecule has 4 rings (SSSR count). The molecule has 2 atom stereocenters. The van der Waals surface area contributed by atoms with Crippen molar-refractivity contribution in [2.75, 3.05) is 13.1 Å². The number of carboxylic acid groups (broad SMARTS) is 1. The van der Waals surface area contributed by atoms with Crippen LogP contribution in [-0.2, 0) is 17.9 Å². The lowest BCUT2D eigenvalue weighted by molar-refractivity contribution is -0.149. The highest BCUT2D eigenvalue weighted by molar-refractivity contribution is 6.31. The molecule has 1 N–H and O–H groups in total. The molecule has 0 spiro atoms. The van der Waals surface area contributed by atoms with Gasteiger partial charge in [-0.2, -0.15) is 5.10 Å². The van der Waals surface area contributed by atoms with E-state index >= 15 is 0 Å². The summed E-state index contributed by atoms with van der Waals surface area (Å²) in [7, 11) is 0. The Morgan fingerprint density at radius 2 is 2.11 bits per heavy atom. The third-order valence-electron chi connectivity index (χ3n) is 6.56. The fraction of sp³-hybridized carbons (Fsp3) is 0.524. The van der Waals surface area contributed by atoms with E-state index in [2.05, 4.69) is 11.8 Å². The minimum absolute atomic E-state index is 0.286. The maximum atomic E-state index is 11.9. The quantitative estimate of drug-likeness (QED) is 0.845. The van der Waals surface area contributed by atoms with E-state index < -0.39 is 11.4 Å². The predicted octanol–water partition coefficient (Wildman–Crippen LogP) is 3.89. The molecule has 2 aromatic rings. The summed E-state index contributed by atoms with van der Waals surface area (Å²) in [5, 5.41) is 15.3. The molecule has 1 saturated carbocycles. The molecule has 2 fully saturated rings. The van der Waals surface area contributed by atoms with Gasteiger partial charge in [-0.25, -0.2) is 0 Å². The first-order chi connectivity index (χ1) is 12.9. The van der Waals surface area contributed by atoms with Crippen LogP contribution in [0.25, 0.3) is 0 Å². The summed E-state index contributed by atoms with van der Waals surface area (Å²) < 4.78 is 2.01. The molecule has 6 heteroatoms. The summed E-state index contributed by atoms with van der Waals surface area (Å²) in [5.74, 6) is -0.329. The lowest BCUT2D eigenvalue weighted by atomic mass is 9.81. The number of hydrogen-bond donors (Lipinski definition) is 1. The Labute approximate surface area is 164 Å². The van der Waals surface area contributed by atoms with Gasteiger partial charge in [0.2, 0.25) is 0 Å². The number of benzene rings is 1. The third kappa shape index (κ3) is 3.17. The smallest absolute Gasteiger partial charge is 0.311 e. The third-order valence-corrected chi connectivity index (χ3v) is 6.93. The molecule has 1 aliphatic heterocycles. The molecule has 0 bridgehead atoms. The van der Waals surface area contributed by atoms with Gasteiger partial charge in [-0.05, 0) is 44.2 Å². The Morgan fingerprint density at radius 1 is 1.33 bits per heavy atom. The van der Waals surface area contributed by atoms with Gasteiger partial charge in [0.1, 0.15) is 0 Å². The Morgan fingerprint density at radius 3 is 2.81 bits per heavy atom. The molecule has 0 unspecified atom stereocenters. The van der Waals surface area contributed by atoms with Crippen molar-refractivity contribution in [1.82, 2.24) is 14.7 Å². The van der Waals surface area contributed by atoms with Crippen molar-refractivity contribution in [1.29, 1.82) is 0 Å². The maximum Gasteiger partial charge on any atom is 0.311 e. The van der Waals surface area contributed by atoms with E-state index in [1.165, 1.54) is 5.56 Å². The minimum Gasteiger partial charge on any atom is -0.481 e. The predicted molar refractivity (Wildman–Crippen MR) is 105 cm³/mol. The SMILES string of the molecule is Cc1nn(Cc2ccccc2Cl)c(C)c1CN1C[C@@H]2CCC[C@@]2(C(=O)O)C1. The first-order valence-electron chi connectivity index (χ1n) is 9.63. The van der Waals surface area contributed by atoms with Crippen LogP contribution in [0.4, 0.5) is 0 Å². The van der Waals surface area contributed by atoms with Crippen molar-refractivity contribution in [3.05, 3.63) is 51.8 Å². The summed E-state index contributed by atoms with van der Waals surface area (Å²) in [6.07, 6.45) is 2.89. The Bertz CT molecular complexity index is 878. The number of carboxylic acids is 1. The van der Waals surface area contributed by atoms with Gasteiger partial charge in [0, 0.05) is 35.9 Å². The largest absolute Gasteiger partial charge is 0.481 e. The fourth-order valence-electron chi connectivity index (χ4n) is 4.99. The van der Waals surface area contributed by atoms with Crippen molar-refractivity contribution in [2.45, 2.75) is 46.2 Å². The Kier molecular flexibility index (Phi) is 4.77. The Hall–Kier alpha value is -1.85. The zero-order chi connectivity index (χ0) is 19.2. The molecule has 1 aliphatic carbocycles. The first-order valence-corrected chi connectivity index (χ1v) is 10.0. The summed E-state index contributed by atoms with van der Waals surface area (Å²) in [6.45, 7) is 7.08. The van der Waals surface area contributed by atoms with Crippen molar-refractivity contribution in [3.8, 4) is 0 Å². The second kappa shape index (κ2) is 6.95. The summed E-state index contributed by atoms with van der Waals surface area (Å²) in [6, 6.07) is 7.84. The molecule has 1 saturated heterocycles. The van der Waals surface area contributed by atoms with Gasteiger partial charge < -0.3 is 5.11 Å². The topological polar surface area (TPSA) is 58.4 Å². The molecule has 1 aromatic carbocycles. The Balaban J connectivity index is 1.53. The maximum absolute atomic E-state index is 11.9. The molecule has 0 amide bonds. The molecule has 27 heavy (non-hydrogen) atoms. The second-order valence-corrected chi connectivity index (χ2v) is 8.53. The van der Waals surface area contributed by atoms with E-state index in [9.17, 15) is 9.90 Å². The van der Waals surface area contributed by atoms with Crippen LogP contribution in [0.3, 0.4) is 0 Å². The van der Waals surface area contributed by atoms with Gasteiger partial charge in [0.25, 0.3) is 0 Å². The number of fused-ring (bicyclic) bond motifs is 1. The normalized spacial score (nSPS) is 25.1. The highest BCUT2D eigenvalue weighted by Gasteiger charge is 2.54. The average Bonchev–Trinajstić information content (AvgIpc) is 3.25. The van der Waals surface area contributed by atoms with Gasteiger partial charge >= 0.3 is 5.97 Å². The van der Waals surface area contributed by atoms with Crippen LogP contribution in [0.5, 0.6) is 0 Å². The van der Waals surface area contributed by atoms with Crippen LogP contribution in [-0.4, -0.2) is 38.8 Å². The van der Waals surface area contributed by atoms with Crippen molar-refractivity contribution in [2.24, 2.45) is 11.3 Å². The van der Waals surface area contributed by atoms with Crippen LogP contribution in [0.15, 0.2) is 24.3 Å². The van der Waals surface area contributed by atoms with Gasteiger partial charge in [-0.3, -0.25) is 14.4 Å². The van der Waals surface area contributed by atoms with Gasteiger partial charge in [-0.15, -0.1) is 0 Å². The number of halogens is 1. The van der Waals surface area contributed by atoms with E-state index in [1.807, 2.05) is 35.9 Å². The fourth-order valence-corrected chi connectivity index (χ4v) is 5.19. The molecular weight excluding hydrogens is 362 g/mol. The number of hydrogen-bond acceptors (Lipinski definition) is 3. The van der Waals surface area contributed by atoms with Crippen LogP contribution in [0, 0.1) is 25.2 Å². The van der Waals surface area contributed by atoms with E-state index in [1.54, 1.807) is 0 Å². The highest BCUT2D eigenvalue weighted by Crippen LogP contribution is 2.49. The van der Waals surface area contributed by atoms with Crippen LogP contribution in [0.1, 0.15) is 41.8 Å². The second-order valence-electron chi connectivity index (χ2n) is 8.12. The van der Waals surface area contributed by atoms with E-state index in [-0.39, 0.29) is 5.92 Å². The molecule has 2 aliphatic rings. The molecular formula is C21H26ClN3O2. The highest BCUT2D eigenvalue weighted by atomic mass is 35.5. The first kappa shape index (κ1) is 18.5. The van der Waals surface area contributed by atoms with Gasteiger partial charge in [0.15, 0.2) is 0 Å². The number of carbonyl (C=O) groups is 1. The zero-order valence-electron chi connectivity index (χ0n) is 15.9. The molecule has 2 heterocycles. The van der Waals surface area contributed by atoms with Crippen LogP contribution in [0.2, 0.25) is 5.02 Å². The average molecular weight is 388 g/mol. The van der Waals surface area contributed by atoms with Gasteiger partial charge in [0.05, 0.1) is 17.7 Å². The minimum atomic E-state index is -0.615. The summed E-state index contributed by atoms with van der Waals surface area (Å²) >= 11 is 6.31. The lowest BCUT2D eigenvalue weighted by Gasteiger charge is -2.23. The lowest BCUT2D eigenvalue weighted by Crippen LogP contribution is -2.35. The number of rotatable bonds is 5. The van der Waals surface area contributed by atoms with E-state index in [4.69, 9.17) is 16.7 Å². The van der Waals surface area contributed by atoms with Crippen molar-refractivity contribution in [3.63, 3.8) is 0 Å². The van der Waals surface area contributed by atoms with Crippen molar-refractivity contribution >= 4 is 17.6 Å². The summed E-state index contributed by atoms with van der Waals surface area (Å²) in [5.41, 5.74) is 3.88. The van der Waals surface area contributed by atoms with Crippen LogP contribution < -0.4 is 0 Å². The number of aromatic nitrogens is 2. The standard InChI is InChI=1S/C21H26ClN3O2/c1-14-18(12-24-11-17-7-5-9-21(17,13-24)20(26)27)15(2)25(23-14)10-16-6-3-4-8-19(16)22/h3-4,6,8,17H,5,7,9-13H2,1-2H3,(H,26,27)/t17-,21+/m0/s1. The number of nitrogens with zero attached hydrogens (tertiary/aromatic N) is 3. The number of aryl methyl sites for hydroxylation is 1. The van der Waals surface area contributed by atoms with E-state index in [0.717, 1.165) is 54.3 Å². The van der Waals surface area contributed by atoms with Crippen molar-refractivity contribution < 1.29 is 9.90 Å². The van der Waals surface area contributed by atoms with Crippen LogP contribution >= 0.6 is 11.6 Å². The molecule has 144 valence electrons. The number of likely N-dealkylation sites (tertiary alicyclic amines) is 1.